The molecule has 1 aliphatic carbocycles. The Hall–Kier alpha value is -0.315. The molecule has 4 heteroatoms. The third kappa shape index (κ3) is 2.18. The van der Waals surface area contributed by atoms with Crippen LogP contribution in [0.4, 0.5) is 0 Å². The summed E-state index contributed by atoms with van der Waals surface area (Å²) in [6, 6.07) is 0. The zero-order valence-electron chi connectivity index (χ0n) is 13.0. The lowest BCUT2D eigenvalue weighted by atomic mass is 9.55. The van der Waals surface area contributed by atoms with Crippen molar-refractivity contribution < 1.29 is 9.31 Å². The van der Waals surface area contributed by atoms with Crippen molar-refractivity contribution in [3.63, 3.8) is 0 Å². The summed E-state index contributed by atoms with van der Waals surface area (Å²) in [4.78, 5) is 2.42. The number of piperidine rings is 1. The van der Waals surface area contributed by atoms with Crippen molar-refractivity contribution in [2.75, 3.05) is 20.1 Å². The van der Waals surface area contributed by atoms with E-state index in [4.69, 9.17) is 9.31 Å². The molecule has 19 heavy (non-hydrogen) atoms. The Morgan fingerprint density at radius 2 is 1.53 bits per heavy atom. The summed E-state index contributed by atoms with van der Waals surface area (Å²) in [6.07, 6.45) is 6.18. The topological polar surface area (TPSA) is 21.7 Å². The molecule has 2 heterocycles. The van der Waals surface area contributed by atoms with Crippen molar-refractivity contribution >= 4 is 7.12 Å². The van der Waals surface area contributed by atoms with Gasteiger partial charge in [-0.05, 0) is 78.0 Å². The van der Waals surface area contributed by atoms with Gasteiger partial charge in [0.25, 0.3) is 0 Å². The lowest BCUT2D eigenvalue weighted by molar-refractivity contribution is 0.00578. The number of nitrogens with zero attached hydrogens (tertiary/aromatic N) is 1. The van der Waals surface area contributed by atoms with Crippen LogP contribution < -0.4 is 0 Å². The van der Waals surface area contributed by atoms with Gasteiger partial charge in [-0.3, -0.25) is 0 Å². The molecule has 0 aromatic heterocycles. The smallest absolute Gasteiger partial charge is 0.400 e. The summed E-state index contributed by atoms with van der Waals surface area (Å²) >= 11 is 0. The van der Waals surface area contributed by atoms with Crippen molar-refractivity contribution in [1.82, 2.24) is 4.90 Å². The van der Waals surface area contributed by atoms with E-state index in [0.29, 0.717) is 5.41 Å². The Bertz CT molecular complexity index is 392. The number of allylic oxidation sites excluding steroid dienone is 2. The molecular formula is C15H26BNO2. The van der Waals surface area contributed by atoms with E-state index in [0.717, 1.165) is 6.42 Å². The maximum atomic E-state index is 6.12. The minimum absolute atomic E-state index is 0.115. The fourth-order valence-electron chi connectivity index (χ4n) is 3.30. The van der Waals surface area contributed by atoms with E-state index in [1.165, 1.54) is 31.4 Å². The summed E-state index contributed by atoms with van der Waals surface area (Å²) in [7, 11) is 2.10. The third-order valence-electron chi connectivity index (χ3n) is 5.59. The van der Waals surface area contributed by atoms with Crippen molar-refractivity contribution in [3.05, 3.63) is 11.5 Å². The molecule has 0 atom stereocenters. The lowest BCUT2D eigenvalue weighted by Crippen LogP contribution is -2.43. The molecule has 0 N–H and O–H groups in total. The molecule has 1 spiro atoms. The Morgan fingerprint density at radius 3 is 2.00 bits per heavy atom. The van der Waals surface area contributed by atoms with E-state index < -0.39 is 0 Å². The number of rotatable bonds is 1. The molecule has 2 saturated heterocycles. The molecule has 3 aliphatic rings. The van der Waals surface area contributed by atoms with Crippen molar-refractivity contribution in [3.8, 4) is 0 Å². The van der Waals surface area contributed by atoms with Crippen LogP contribution in [-0.4, -0.2) is 43.4 Å². The van der Waals surface area contributed by atoms with Crippen molar-refractivity contribution in [1.29, 1.82) is 0 Å². The highest BCUT2D eigenvalue weighted by molar-refractivity contribution is 6.55. The van der Waals surface area contributed by atoms with Crippen LogP contribution in [0.15, 0.2) is 11.5 Å². The Labute approximate surface area is 117 Å². The summed E-state index contributed by atoms with van der Waals surface area (Å²) in [5.74, 6) is 0. The maximum Gasteiger partial charge on any atom is 0.490 e. The van der Waals surface area contributed by atoms with Crippen LogP contribution in [0.2, 0.25) is 0 Å². The SMILES string of the molecule is CN1CCC2(C=C(B3OC(C)(C)C(C)(C)O3)C2)CC1. The second-order valence-electron chi connectivity index (χ2n) is 7.65. The van der Waals surface area contributed by atoms with Crippen LogP contribution in [0.1, 0.15) is 47.0 Å². The Balaban J connectivity index is 1.68. The Kier molecular flexibility index (Phi) is 2.94. The predicted octanol–water partition coefficient (Wildman–Crippen LogP) is 2.66. The van der Waals surface area contributed by atoms with Crippen LogP contribution in [0.25, 0.3) is 0 Å². The van der Waals surface area contributed by atoms with E-state index in [1.54, 1.807) is 0 Å². The molecule has 0 saturated carbocycles. The van der Waals surface area contributed by atoms with Gasteiger partial charge in [0.15, 0.2) is 0 Å². The lowest BCUT2D eigenvalue weighted by Gasteiger charge is -2.45. The molecule has 0 radical (unpaired) electrons. The van der Waals surface area contributed by atoms with E-state index in [-0.39, 0.29) is 18.3 Å². The van der Waals surface area contributed by atoms with Gasteiger partial charge in [-0.15, -0.1) is 0 Å². The van der Waals surface area contributed by atoms with Gasteiger partial charge in [0.1, 0.15) is 0 Å². The highest BCUT2D eigenvalue weighted by Crippen LogP contribution is 2.50. The predicted molar refractivity (Wildman–Crippen MR) is 77.9 cm³/mol. The second kappa shape index (κ2) is 4.09. The maximum absolute atomic E-state index is 6.12. The molecule has 0 amide bonds. The minimum Gasteiger partial charge on any atom is -0.400 e. The first-order chi connectivity index (χ1) is 8.73. The van der Waals surface area contributed by atoms with Gasteiger partial charge in [-0.1, -0.05) is 6.08 Å². The number of hydrogen-bond donors (Lipinski definition) is 0. The molecule has 0 bridgehead atoms. The molecular weight excluding hydrogens is 237 g/mol. The standard InChI is InChI=1S/C15H26BNO2/c1-13(2)14(3,4)19-16(18-13)12-10-15(11-12)6-8-17(5)9-7-15/h10H,6-9,11H2,1-5H3. The highest BCUT2D eigenvalue weighted by atomic mass is 16.7. The van der Waals surface area contributed by atoms with Gasteiger partial charge < -0.3 is 14.2 Å². The van der Waals surface area contributed by atoms with Gasteiger partial charge in [-0.25, -0.2) is 0 Å². The quantitative estimate of drug-likeness (QED) is 0.679. The molecule has 0 unspecified atom stereocenters. The summed E-state index contributed by atoms with van der Waals surface area (Å²) < 4.78 is 12.2. The summed E-state index contributed by atoms with van der Waals surface area (Å²) in [5.41, 5.74) is 1.39. The molecule has 2 aliphatic heterocycles. The minimum atomic E-state index is -0.214. The van der Waals surface area contributed by atoms with Gasteiger partial charge in [0.05, 0.1) is 11.2 Å². The Morgan fingerprint density at radius 1 is 1.05 bits per heavy atom. The zero-order valence-corrected chi connectivity index (χ0v) is 13.0. The average Bonchev–Trinajstić information content (AvgIpc) is 2.46. The van der Waals surface area contributed by atoms with E-state index in [9.17, 15) is 0 Å². The molecule has 106 valence electrons. The average molecular weight is 263 g/mol. The highest BCUT2D eigenvalue weighted by Gasteiger charge is 2.55. The van der Waals surface area contributed by atoms with Crippen LogP contribution in [0.5, 0.6) is 0 Å². The molecule has 3 rings (SSSR count). The van der Waals surface area contributed by atoms with Crippen molar-refractivity contribution in [2.45, 2.75) is 58.2 Å². The largest absolute Gasteiger partial charge is 0.490 e. The molecule has 2 fully saturated rings. The van der Waals surface area contributed by atoms with E-state index >= 15 is 0 Å². The first kappa shape index (κ1) is 13.7. The normalized spacial score (nSPS) is 32.3. The van der Waals surface area contributed by atoms with Crippen molar-refractivity contribution in [2.24, 2.45) is 5.41 Å². The van der Waals surface area contributed by atoms with Gasteiger partial charge in [0, 0.05) is 0 Å². The van der Waals surface area contributed by atoms with Crippen LogP contribution in [0, 0.1) is 5.41 Å². The van der Waals surface area contributed by atoms with Crippen LogP contribution in [0.3, 0.4) is 0 Å². The van der Waals surface area contributed by atoms with Crippen LogP contribution in [-0.2, 0) is 9.31 Å². The zero-order chi connectivity index (χ0) is 13.9. The first-order valence-electron chi connectivity index (χ1n) is 7.49. The molecule has 0 aromatic carbocycles. The fraction of sp³-hybridized carbons (Fsp3) is 0.867. The summed E-state index contributed by atoms with van der Waals surface area (Å²) in [5, 5.41) is 0. The second-order valence-corrected chi connectivity index (χ2v) is 7.65. The van der Waals surface area contributed by atoms with E-state index in [1.807, 2.05) is 0 Å². The third-order valence-corrected chi connectivity index (χ3v) is 5.59. The summed E-state index contributed by atoms with van der Waals surface area (Å²) in [6.45, 7) is 10.9. The monoisotopic (exact) mass is 263 g/mol. The van der Waals surface area contributed by atoms with Gasteiger partial charge >= 0.3 is 7.12 Å². The van der Waals surface area contributed by atoms with Crippen LogP contribution >= 0.6 is 0 Å². The number of hydrogen-bond acceptors (Lipinski definition) is 3. The van der Waals surface area contributed by atoms with Gasteiger partial charge in [-0.2, -0.15) is 0 Å². The van der Waals surface area contributed by atoms with Gasteiger partial charge in [0.2, 0.25) is 0 Å². The fourth-order valence-corrected chi connectivity index (χ4v) is 3.30. The molecule has 3 nitrogen and oxygen atoms in total. The van der Waals surface area contributed by atoms with E-state index in [2.05, 4.69) is 45.7 Å². The molecule has 0 aromatic rings. The first-order valence-corrected chi connectivity index (χ1v) is 7.49. The number of likely N-dealkylation sites (tertiary alicyclic amines) is 1.